The molecule has 2 fully saturated rings. The van der Waals surface area contributed by atoms with Gasteiger partial charge in [-0.05, 0) is 137 Å². The Morgan fingerprint density at radius 2 is 1.36 bits per heavy atom. The van der Waals surface area contributed by atoms with Crippen LogP contribution in [-0.2, 0) is 50.7 Å². The van der Waals surface area contributed by atoms with Gasteiger partial charge in [-0.15, -0.1) is 0 Å². The lowest BCUT2D eigenvalue weighted by Gasteiger charge is -2.31. The molecule has 2 aliphatic rings. The fraction of sp³-hybridized carbons (Fsp3) is 0.396. The van der Waals surface area contributed by atoms with E-state index in [0.717, 1.165) is 99.1 Å². The van der Waals surface area contributed by atoms with E-state index >= 15 is 0 Å². The molecule has 0 radical (unpaired) electrons. The van der Waals surface area contributed by atoms with Crippen LogP contribution in [0, 0.1) is 11.8 Å². The molecule has 0 atom stereocenters. The SMILES string of the molecule is CCn1cncc1Cn1c(CN2CCC(Cn3ccc(COc4ccc(Cl)cc4Cl)n3)CC2)nc2ccc(C(=O)OC)cc21.Clc1ccc(OCc2ccn(CC3CCNCC3)n2)c(Cl)c1. The molecule has 0 unspecified atom stereocenters. The molecular weight excluding hydrogens is 922 g/mol. The molecule has 0 bridgehead atoms. The number of nitrogens with zero attached hydrogens (tertiary/aromatic N) is 9. The van der Waals surface area contributed by atoms with Gasteiger partial charge in [0.05, 0.1) is 70.3 Å². The number of hydrogen-bond acceptors (Lipinski definition) is 10. The minimum absolute atomic E-state index is 0.341. The van der Waals surface area contributed by atoms with Gasteiger partial charge in [-0.1, -0.05) is 46.4 Å². The highest BCUT2D eigenvalue weighted by Gasteiger charge is 2.24. The largest absolute Gasteiger partial charge is 0.486 e. The van der Waals surface area contributed by atoms with E-state index in [1.807, 2.05) is 58.5 Å². The first-order valence-corrected chi connectivity index (χ1v) is 23.8. The Balaban J connectivity index is 0.000000225. The predicted molar refractivity (Wildman–Crippen MR) is 258 cm³/mol. The number of piperidine rings is 2. The molecule has 6 heterocycles. The Hall–Kier alpha value is -5.09. The first-order valence-electron chi connectivity index (χ1n) is 22.3. The van der Waals surface area contributed by atoms with Crippen LogP contribution in [0.3, 0.4) is 0 Å². The molecule has 0 saturated carbocycles. The van der Waals surface area contributed by atoms with Crippen LogP contribution >= 0.6 is 46.4 Å². The van der Waals surface area contributed by atoms with E-state index in [0.29, 0.717) is 68.7 Å². The summed E-state index contributed by atoms with van der Waals surface area (Å²) in [5.74, 6) is 3.07. The third kappa shape index (κ3) is 12.5. The van der Waals surface area contributed by atoms with Crippen LogP contribution in [0.4, 0.5) is 0 Å². The highest BCUT2D eigenvalue weighted by molar-refractivity contribution is 6.36. The lowest BCUT2D eigenvalue weighted by molar-refractivity contribution is 0.0601. The normalized spacial score (nSPS) is 14.9. The van der Waals surface area contributed by atoms with E-state index in [1.165, 1.54) is 20.0 Å². The highest BCUT2D eigenvalue weighted by Crippen LogP contribution is 2.30. The molecule has 9 rings (SSSR count). The Labute approximate surface area is 404 Å². The third-order valence-corrected chi connectivity index (χ3v) is 13.1. The summed E-state index contributed by atoms with van der Waals surface area (Å²) in [6, 6.07) is 19.9. The minimum Gasteiger partial charge on any atom is -0.486 e. The third-order valence-electron chi connectivity index (χ3n) is 12.1. The average Bonchev–Trinajstić information content (AvgIpc) is 4.15. The Morgan fingerprint density at radius 3 is 1.94 bits per heavy atom. The average molecular weight is 977 g/mol. The number of benzene rings is 3. The van der Waals surface area contributed by atoms with Gasteiger partial charge in [0.15, 0.2) is 0 Å². The number of likely N-dealkylation sites (tertiary alicyclic amines) is 1. The van der Waals surface area contributed by atoms with Crippen LogP contribution in [0.2, 0.25) is 20.1 Å². The van der Waals surface area contributed by atoms with E-state index in [1.54, 1.807) is 42.5 Å². The number of carbonyl (C=O) groups excluding carboxylic acids is 1. The number of imidazole rings is 2. The quantitative estimate of drug-likeness (QED) is 0.0935. The number of hydrogen-bond donors (Lipinski definition) is 1. The summed E-state index contributed by atoms with van der Waals surface area (Å²) in [6.07, 6.45) is 12.4. The first kappa shape index (κ1) is 47.4. The number of carbonyl (C=O) groups is 1. The summed E-state index contributed by atoms with van der Waals surface area (Å²) < 4.78 is 24.9. The van der Waals surface area contributed by atoms with E-state index in [-0.39, 0.29) is 5.97 Å². The molecular formula is C48H54Cl4N10O4. The minimum atomic E-state index is -0.357. The number of methoxy groups -OCH3 is 1. The molecule has 14 nitrogen and oxygen atoms in total. The summed E-state index contributed by atoms with van der Waals surface area (Å²) in [6.45, 7) is 11.0. The number of rotatable bonds is 16. The van der Waals surface area contributed by atoms with E-state index in [2.05, 4.69) is 36.4 Å². The maximum atomic E-state index is 12.3. The van der Waals surface area contributed by atoms with Crippen LogP contribution in [0.5, 0.6) is 11.5 Å². The summed E-state index contributed by atoms with van der Waals surface area (Å²) in [5.41, 5.74) is 5.14. The smallest absolute Gasteiger partial charge is 0.337 e. The van der Waals surface area contributed by atoms with Crippen molar-refractivity contribution in [2.75, 3.05) is 33.3 Å². The zero-order valence-corrected chi connectivity index (χ0v) is 40.1. The molecule has 3 aromatic carbocycles. The molecule has 348 valence electrons. The molecule has 66 heavy (non-hydrogen) atoms. The van der Waals surface area contributed by atoms with Crippen molar-refractivity contribution in [2.24, 2.45) is 11.8 Å². The summed E-state index contributed by atoms with van der Waals surface area (Å²) in [7, 11) is 1.40. The van der Waals surface area contributed by atoms with Gasteiger partial charge in [0, 0.05) is 48.3 Å². The highest BCUT2D eigenvalue weighted by atomic mass is 35.5. The van der Waals surface area contributed by atoms with Gasteiger partial charge < -0.3 is 28.7 Å². The summed E-state index contributed by atoms with van der Waals surface area (Å²) in [4.78, 5) is 24.1. The van der Waals surface area contributed by atoms with Crippen LogP contribution in [-0.4, -0.2) is 82.8 Å². The second kappa shape index (κ2) is 22.6. The van der Waals surface area contributed by atoms with Gasteiger partial charge in [0.25, 0.3) is 0 Å². The van der Waals surface area contributed by atoms with Gasteiger partial charge in [-0.25, -0.2) is 14.8 Å². The van der Waals surface area contributed by atoms with Crippen molar-refractivity contribution in [3.63, 3.8) is 0 Å². The van der Waals surface area contributed by atoms with Gasteiger partial charge in [0.2, 0.25) is 0 Å². The van der Waals surface area contributed by atoms with Crippen LogP contribution in [0.25, 0.3) is 11.0 Å². The fourth-order valence-electron chi connectivity index (χ4n) is 8.41. The van der Waals surface area contributed by atoms with Crippen molar-refractivity contribution in [1.82, 2.24) is 48.9 Å². The number of esters is 1. The molecule has 0 amide bonds. The Bertz CT molecular complexity index is 2700. The van der Waals surface area contributed by atoms with E-state index in [9.17, 15) is 4.79 Å². The fourth-order valence-corrected chi connectivity index (χ4v) is 9.34. The second-order valence-electron chi connectivity index (χ2n) is 16.7. The van der Waals surface area contributed by atoms with Crippen LogP contribution in [0.15, 0.2) is 91.6 Å². The van der Waals surface area contributed by atoms with Crippen molar-refractivity contribution in [3.8, 4) is 11.5 Å². The number of fused-ring (bicyclic) bond motifs is 1. The van der Waals surface area contributed by atoms with Gasteiger partial charge in [-0.3, -0.25) is 14.3 Å². The number of halogens is 4. The lowest BCUT2D eigenvalue weighted by atomic mass is 9.97. The van der Waals surface area contributed by atoms with E-state index in [4.69, 9.17) is 70.7 Å². The molecule has 0 spiro atoms. The number of aromatic nitrogens is 8. The second-order valence-corrected chi connectivity index (χ2v) is 18.4. The molecule has 1 N–H and O–H groups in total. The maximum absolute atomic E-state index is 12.3. The lowest BCUT2D eigenvalue weighted by Crippen LogP contribution is -2.35. The zero-order chi connectivity index (χ0) is 46.0. The Kier molecular flexibility index (Phi) is 16.2. The van der Waals surface area contributed by atoms with E-state index < -0.39 is 0 Å². The Morgan fingerprint density at radius 1 is 0.758 bits per heavy atom. The van der Waals surface area contributed by atoms with Crippen LogP contribution in [0.1, 0.15) is 65.9 Å². The molecule has 4 aromatic heterocycles. The molecule has 0 aliphatic carbocycles. The summed E-state index contributed by atoms with van der Waals surface area (Å²) >= 11 is 24.2. The van der Waals surface area contributed by atoms with Crippen LogP contribution < -0.4 is 14.8 Å². The molecule has 2 aliphatic heterocycles. The topological polar surface area (TPSA) is 131 Å². The number of nitrogens with one attached hydrogen (secondary N) is 1. The summed E-state index contributed by atoms with van der Waals surface area (Å²) in [5, 5.41) is 14.8. The van der Waals surface area contributed by atoms with Crippen molar-refractivity contribution >= 4 is 63.4 Å². The molecule has 2 saturated heterocycles. The molecule has 18 heteroatoms. The van der Waals surface area contributed by atoms with Gasteiger partial charge in [0.1, 0.15) is 30.5 Å². The molecule has 7 aromatic rings. The number of ether oxygens (including phenoxy) is 3. The zero-order valence-electron chi connectivity index (χ0n) is 37.1. The van der Waals surface area contributed by atoms with Crippen molar-refractivity contribution in [1.29, 1.82) is 0 Å². The van der Waals surface area contributed by atoms with Crippen molar-refractivity contribution in [2.45, 2.75) is 78.5 Å². The van der Waals surface area contributed by atoms with Gasteiger partial charge >= 0.3 is 5.97 Å². The van der Waals surface area contributed by atoms with Crippen molar-refractivity contribution < 1.29 is 19.0 Å². The van der Waals surface area contributed by atoms with Crippen molar-refractivity contribution in [3.05, 3.63) is 140 Å². The first-order chi connectivity index (χ1) is 32.1. The van der Waals surface area contributed by atoms with Gasteiger partial charge in [-0.2, -0.15) is 10.2 Å². The monoisotopic (exact) mass is 974 g/mol. The predicted octanol–water partition coefficient (Wildman–Crippen LogP) is 9.85. The maximum Gasteiger partial charge on any atom is 0.337 e. The number of aryl methyl sites for hydroxylation is 1. The standard InChI is InChI=1S/C32H35Cl2N7O3.C16H19Cl2N3O/c1-3-39-21-35-16-26(39)18-41-29-14-23(32(42)43-2)4-6-28(29)36-31(41)19-38-11-8-22(9-12-38)17-40-13-10-25(37-40)20-44-30-7-5-24(33)15-27(30)34;17-13-1-2-16(15(18)9-13)22-11-14-5-8-21(20-14)10-12-3-6-19-7-4-12/h4-7,10,13-16,21-22H,3,8-9,11-12,17-20H2,1-2H3;1-2,5,8-9,12,19H,3-4,6-7,10-11H2.